The molecule has 0 aliphatic heterocycles. The first-order chi connectivity index (χ1) is 14.2. The molecule has 0 spiro atoms. The Labute approximate surface area is 167 Å². The molecule has 1 aliphatic rings. The fourth-order valence-corrected chi connectivity index (χ4v) is 4.54. The summed E-state index contributed by atoms with van der Waals surface area (Å²) in [5.41, 5.74) is 1.52. The molecule has 0 N–H and O–H groups in total. The van der Waals surface area contributed by atoms with Crippen LogP contribution in [0.2, 0.25) is 0 Å². The number of nitrogens with zero attached hydrogens (tertiary/aromatic N) is 1. The SMILES string of the molecule is O=C1C(=Cc2nc3sc(-c4ccco4)cc3o2)C(=O)c2cc3ccccc3cc21. The molecule has 138 valence electrons. The van der Waals surface area contributed by atoms with Gasteiger partial charge >= 0.3 is 0 Å². The highest BCUT2D eigenvalue weighted by molar-refractivity contribution is 7.21. The van der Waals surface area contributed by atoms with Crippen molar-refractivity contribution >= 4 is 50.2 Å². The van der Waals surface area contributed by atoms with Crippen molar-refractivity contribution in [1.82, 2.24) is 4.98 Å². The second kappa shape index (κ2) is 5.86. The van der Waals surface area contributed by atoms with E-state index in [0.717, 1.165) is 21.4 Å². The molecular weight excluding hydrogens is 386 g/mol. The average Bonchev–Trinajstić information content (AvgIpc) is 3.48. The lowest BCUT2D eigenvalue weighted by atomic mass is 10.0. The standard InChI is InChI=1S/C23H11NO4S/c25-21-14-8-12-4-1-2-5-13(12)9-15(14)22(26)16(21)10-20-24-23-18(28-20)11-19(29-23)17-6-3-7-27-17/h1-11H. The van der Waals surface area contributed by atoms with Gasteiger partial charge < -0.3 is 8.83 Å². The molecule has 0 fully saturated rings. The maximum absolute atomic E-state index is 12.8. The van der Waals surface area contributed by atoms with Crippen LogP contribution in [0.3, 0.4) is 0 Å². The second-order valence-electron chi connectivity index (χ2n) is 6.77. The van der Waals surface area contributed by atoms with E-state index in [2.05, 4.69) is 4.98 Å². The van der Waals surface area contributed by atoms with Gasteiger partial charge in [0.25, 0.3) is 0 Å². The third kappa shape index (κ3) is 2.43. The minimum Gasteiger partial charge on any atom is -0.464 e. The van der Waals surface area contributed by atoms with Crippen LogP contribution in [0.5, 0.6) is 0 Å². The Morgan fingerprint density at radius 2 is 1.62 bits per heavy atom. The van der Waals surface area contributed by atoms with Crippen LogP contribution < -0.4 is 0 Å². The number of rotatable bonds is 2. The predicted molar refractivity (Wildman–Crippen MR) is 110 cm³/mol. The molecule has 6 rings (SSSR count). The molecule has 0 bridgehead atoms. The van der Waals surface area contributed by atoms with E-state index in [4.69, 9.17) is 8.83 Å². The van der Waals surface area contributed by atoms with E-state index in [1.807, 2.05) is 42.5 Å². The highest BCUT2D eigenvalue weighted by Crippen LogP contribution is 2.35. The number of benzene rings is 2. The molecule has 0 radical (unpaired) electrons. The van der Waals surface area contributed by atoms with Gasteiger partial charge in [0.2, 0.25) is 5.89 Å². The van der Waals surface area contributed by atoms with Gasteiger partial charge in [-0.15, -0.1) is 11.3 Å². The summed E-state index contributed by atoms with van der Waals surface area (Å²) >= 11 is 1.43. The van der Waals surface area contributed by atoms with E-state index >= 15 is 0 Å². The lowest BCUT2D eigenvalue weighted by Gasteiger charge is -2.00. The molecule has 1 aliphatic carbocycles. The Hall–Kier alpha value is -3.77. The summed E-state index contributed by atoms with van der Waals surface area (Å²) in [5, 5.41) is 1.85. The molecule has 2 aromatic carbocycles. The van der Waals surface area contributed by atoms with Crippen molar-refractivity contribution in [2.45, 2.75) is 0 Å². The Balaban J connectivity index is 1.41. The van der Waals surface area contributed by atoms with Crippen molar-refractivity contribution in [3.8, 4) is 10.6 Å². The van der Waals surface area contributed by atoms with Gasteiger partial charge in [-0.1, -0.05) is 24.3 Å². The van der Waals surface area contributed by atoms with Gasteiger partial charge in [0.15, 0.2) is 22.0 Å². The first kappa shape index (κ1) is 16.2. The van der Waals surface area contributed by atoms with Gasteiger partial charge in [-0.3, -0.25) is 9.59 Å². The number of fused-ring (bicyclic) bond motifs is 3. The fourth-order valence-electron chi connectivity index (χ4n) is 3.62. The summed E-state index contributed by atoms with van der Waals surface area (Å²) in [6.07, 6.45) is 3.05. The Morgan fingerprint density at radius 1 is 0.897 bits per heavy atom. The number of furan rings is 1. The molecule has 3 aromatic heterocycles. The number of oxazole rings is 1. The third-order valence-corrected chi connectivity index (χ3v) is 6.03. The number of hydrogen-bond donors (Lipinski definition) is 0. The van der Waals surface area contributed by atoms with Gasteiger partial charge in [0.05, 0.1) is 16.7 Å². The molecule has 3 heterocycles. The highest BCUT2D eigenvalue weighted by atomic mass is 32.1. The summed E-state index contributed by atoms with van der Waals surface area (Å²) in [6.45, 7) is 0. The summed E-state index contributed by atoms with van der Waals surface area (Å²) in [6, 6.07) is 16.7. The number of carbonyl (C=O) groups is 2. The summed E-state index contributed by atoms with van der Waals surface area (Å²) in [7, 11) is 0. The van der Waals surface area contributed by atoms with Gasteiger partial charge in [-0.25, -0.2) is 0 Å². The first-order valence-electron chi connectivity index (χ1n) is 8.95. The van der Waals surface area contributed by atoms with Crippen LogP contribution in [-0.4, -0.2) is 16.6 Å². The normalized spacial score (nSPS) is 13.6. The van der Waals surface area contributed by atoms with Crippen molar-refractivity contribution in [2.24, 2.45) is 0 Å². The molecule has 0 atom stereocenters. The zero-order valence-electron chi connectivity index (χ0n) is 14.8. The number of hydrogen-bond acceptors (Lipinski definition) is 6. The molecule has 0 amide bonds. The first-order valence-corrected chi connectivity index (χ1v) is 9.77. The zero-order chi connectivity index (χ0) is 19.5. The molecule has 0 saturated carbocycles. The monoisotopic (exact) mass is 397 g/mol. The smallest absolute Gasteiger partial charge is 0.221 e. The van der Waals surface area contributed by atoms with Crippen molar-refractivity contribution < 1.29 is 18.4 Å². The lowest BCUT2D eigenvalue weighted by molar-refractivity contribution is 0.0990. The van der Waals surface area contributed by atoms with Crippen LogP contribution in [-0.2, 0) is 0 Å². The summed E-state index contributed by atoms with van der Waals surface area (Å²) in [4.78, 5) is 31.7. The van der Waals surface area contributed by atoms with Gasteiger partial charge in [0.1, 0.15) is 5.76 Å². The van der Waals surface area contributed by atoms with Gasteiger partial charge in [-0.05, 0) is 35.0 Å². The number of allylic oxidation sites excluding steroid dienone is 1. The van der Waals surface area contributed by atoms with Crippen LogP contribution >= 0.6 is 11.3 Å². The number of ketones is 2. The van der Waals surface area contributed by atoms with E-state index in [1.165, 1.54) is 17.4 Å². The van der Waals surface area contributed by atoms with E-state index < -0.39 is 0 Å². The molecule has 0 saturated heterocycles. The van der Waals surface area contributed by atoms with Crippen molar-refractivity contribution in [1.29, 1.82) is 0 Å². The van der Waals surface area contributed by atoms with E-state index in [-0.39, 0.29) is 23.0 Å². The molecular formula is C23H11NO4S. The molecule has 5 aromatic rings. The number of aromatic nitrogens is 1. The van der Waals surface area contributed by atoms with Crippen LogP contribution in [0.1, 0.15) is 26.6 Å². The third-order valence-electron chi connectivity index (χ3n) is 5.00. The largest absolute Gasteiger partial charge is 0.464 e. The predicted octanol–water partition coefficient (Wildman–Crippen LogP) is 5.77. The zero-order valence-corrected chi connectivity index (χ0v) is 15.7. The average molecular weight is 397 g/mol. The highest BCUT2D eigenvalue weighted by Gasteiger charge is 2.34. The van der Waals surface area contributed by atoms with E-state index in [9.17, 15) is 9.59 Å². The lowest BCUT2D eigenvalue weighted by Crippen LogP contribution is -2.00. The quantitative estimate of drug-likeness (QED) is 0.279. The Morgan fingerprint density at radius 3 is 2.24 bits per heavy atom. The molecule has 0 unspecified atom stereocenters. The maximum atomic E-state index is 12.8. The number of Topliss-reactive ketones (excluding diaryl/α,β-unsaturated/α-hetero) is 2. The molecule has 5 nitrogen and oxygen atoms in total. The minimum atomic E-state index is -0.298. The fraction of sp³-hybridized carbons (Fsp3) is 0. The van der Waals surface area contributed by atoms with E-state index in [0.29, 0.717) is 21.5 Å². The molecule has 29 heavy (non-hydrogen) atoms. The van der Waals surface area contributed by atoms with Crippen LogP contribution in [0.4, 0.5) is 0 Å². The van der Waals surface area contributed by atoms with Crippen LogP contribution in [0, 0.1) is 0 Å². The Kier molecular flexibility index (Phi) is 3.28. The minimum absolute atomic E-state index is 0.0791. The van der Waals surface area contributed by atoms with Gasteiger partial charge in [0, 0.05) is 23.3 Å². The van der Waals surface area contributed by atoms with Gasteiger partial charge in [-0.2, -0.15) is 4.98 Å². The topological polar surface area (TPSA) is 73.3 Å². The second-order valence-corrected chi connectivity index (χ2v) is 7.80. The van der Waals surface area contributed by atoms with Crippen LogP contribution in [0.15, 0.2) is 75.3 Å². The summed E-state index contributed by atoms with van der Waals surface area (Å²) in [5.74, 6) is 0.389. The summed E-state index contributed by atoms with van der Waals surface area (Å²) < 4.78 is 11.2. The van der Waals surface area contributed by atoms with Crippen molar-refractivity contribution in [3.63, 3.8) is 0 Å². The molecule has 6 heteroatoms. The van der Waals surface area contributed by atoms with Crippen LogP contribution in [0.25, 0.3) is 37.9 Å². The maximum Gasteiger partial charge on any atom is 0.221 e. The number of carbonyl (C=O) groups excluding carboxylic acids is 2. The number of thiophene rings is 1. The Bertz CT molecular complexity index is 1400. The van der Waals surface area contributed by atoms with E-state index in [1.54, 1.807) is 18.4 Å². The van der Waals surface area contributed by atoms with Crippen molar-refractivity contribution in [2.75, 3.05) is 0 Å². The van der Waals surface area contributed by atoms with Crippen molar-refractivity contribution in [3.05, 3.63) is 83.5 Å².